The van der Waals surface area contributed by atoms with Crippen molar-refractivity contribution < 1.29 is 19.8 Å². The van der Waals surface area contributed by atoms with Crippen LogP contribution in [-0.2, 0) is 26.2 Å². The number of fused-ring (bicyclic) bond motifs is 2. The van der Waals surface area contributed by atoms with Gasteiger partial charge in [0, 0.05) is 37.3 Å². The molecule has 0 fully saturated rings. The molecule has 6 rings (SSSR count). The Morgan fingerprint density at radius 2 is 1.12 bits per heavy atom. The van der Waals surface area contributed by atoms with Crippen LogP contribution in [0.1, 0.15) is 83.4 Å². The molecule has 260 valence electrons. The zero-order valence-electron chi connectivity index (χ0n) is 29.0. The second kappa shape index (κ2) is 14.1. The largest absolute Gasteiger partial charge is 0.389 e. The molecule has 14 heteroatoms. The van der Waals surface area contributed by atoms with Crippen LogP contribution in [-0.4, -0.2) is 60.7 Å². The molecular formula is C36H42N10O4. The highest BCUT2D eigenvalue weighted by atomic mass is 16.3. The predicted octanol–water partition coefficient (Wildman–Crippen LogP) is 5.30. The minimum absolute atomic E-state index is 0.328. The Bertz CT molecular complexity index is 2080. The molecule has 6 aromatic rings. The monoisotopic (exact) mass is 678 g/mol. The van der Waals surface area contributed by atoms with E-state index in [1.165, 1.54) is 0 Å². The molecular weight excluding hydrogens is 636 g/mol. The summed E-state index contributed by atoms with van der Waals surface area (Å²) in [7, 11) is 0. The molecule has 0 spiro atoms. The van der Waals surface area contributed by atoms with E-state index in [0.29, 0.717) is 71.6 Å². The number of allylic oxidation sites excluding steroid dienone is 2. The Morgan fingerprint density at radius 3 is 1.48 bits per heavy atom. The molecule has 4 heterocycles. The summed E-state index contributed by atoms with van der Waals surface area (Å²) in [4.78, 5) is 36.4. The van der Waals surface area contributed by atoms with E-state index in [1.807, 2.05) is 85.4 Å². The third-order valence-electron chi connectivity index (χ3n) is 8.58. The summed E-state index contributed by atoms with van der Waals surface area (Å²) in [6, 6.07) is 14.6. The molecule has 4 N–H and O–H groups in total. The Kier molecular flexibility index (Phi) is 9.66. The number of anilines is 2. The number of hydrogen-bond donors (Lipinski definition) is 4. The summed E-state index contributed by atoms with van der Waals surface area (Å²) in [5.74, 6) is -0.0276. The van der Waals surface area contributed by atoms with Crippen LogP contribution in [0, 0.1) is 13.8 Å². The van der Waals surface area contributed by atoms with Crippen LogP contribution >= 0.6 is 0 Å². The number of amides is 2. The maximum atomic E-state index is 13.4. The molecule has 0 aliphatic heterocycles. The van der Waals surface area contributed by atoms with Gasteiger partial charge in [-0.25, -0.2) is 9.97 Å². The number of aromatic nitrogens is 8. The van der Waals surface area contributed by atoms with E-state index in [2.05, 4.69) is 20.8 Å². The number of carbonyl (C=O) groups excluding carboxylic acids is 2. The molecule has 0 aliphatic rings. The smallest absolute Gasteiger partial charge is 0.276 e. The SMILES string of the molecule is CCn1nc(C)cc1C(=O)Nc1nc2c(C(C)O)cccc2n1C/C=C/Cn1c(NC(=O)c2cc(C)nn2CC)nc2c(C(C)O)cccc21. The molecule has 2 unspecified atom stereocenters. The van der Waals surface area contributed by atoms with Gasteiger partial charge in [-0.2, -0.15) is 10.2 Å². The van der Waals surface area contributed by atoms with E-state index >= 15 is 0 Å². The van der Waals surface area contributed by atoms with Gasteiger partial charge in [0.25, 0.3) is 11.8 Å². The van der Waals surface area contributed by atoms with Crippen LogP contribution in [0.3, 0.4) is 0 Å². The average Bonchev–Trinajstić information content (AvgIpc) is 3.85. The lowest BCUT2D eigenvalue weighted by molar-refractivity contribution is 0.100. The van der Waals surface area contributed by atoms with Gasteiger partial charge in [-0.15, -0.1) is 0 Å². The predicted molar refractivity (Wildman–Crippen MR) is 191 cm³/mol. The second-order valence-electron chi connectivity index (χ2n) is 12.2. The van der Waals surface area contributed by atoms with Gasteiger partial charge in [0.2, 0.25) is 11.9 Å². The van der Waals surface area contributed by atoms with Gasteiger partial charge >= 0.3 is 0 Å². The fourth-order valence-electron chi connectivity index (χ4n) is 6.20. The lowest BCUT2D eigenvalue weighted by Gasteiger charge is -2.10. The quantitative estimate of drug-likeness (QED) is 0.126. The average molecular weight is 679 g/mol. The molecule has 0 saturated carbocycles. The summed E-state index contributed by atoms with van der Waals surface area (Å²) in [5.41, 5.74) is 6.27. The first kappa shape index (κ1) is 34.3. The molecule has 2 atom stereocenters. The van der Waals surface area contributed by atoms with Crippen LogP contribution in [0.15, 0.2) is 60.7 Å². The fraction of sp³-hybridized carbons (Fsp3) is 0.333. The number of hydrogen-bond acceptors (Lipinski definition) is 8. The molecule has 2 amide bonds. The standard InChI is InChI=1S/C36H42N10O4/c1-7-45-29(19-21(3)41-45)33(49)39-35-37-31-25(23(5)47)13-11-15-27(31)43(35)17-9-10-18-44-28-16-12-14-26(24(6)48)32(28)38-36(44)40-34(50)30-20-22(4)42-46(30)8-2/h9-16,19-20,23-24,47-48H,7-8,17-18H2,1-6H3,(H,37,39,49)(H,38,40,50)/b10-9+. The summed E-state index contributed by atoms with van der Waals surface area (Å²) >= 11 is 0. The number of rotatable bonds is 12. The van der Waals surface area contributed by atoms with Crippen LogP contribution in [0.2, 0.25) is 0 Å². The van der Waals surface area contributed by atoms with Gasteiger partial charge in [0.1, 0.15) is 11.4 Å². The lowest BCUT2D eigenvalue weighted by Crippen LogP contribution is -2.20. The highest BCUT2D eigenvalue weighted by Gasteiger charge is 2.22. The van der Waals surface area contributed by atoms with Crippen LogP contribution in [0.4, 0.5) is 11.9 Å². The van der Waals surface area contributed by atoms with Crippen LogP contribution in [0.25, 0.3) is 22.1 Å². The summed E-state index contributed by atoms with van der Waals surface area (Å²) < 4.78 is 7.04. The van der Waals surface area contributed by atoms with Gasteiger partial charge in [-0.05, 0) is 65.8 Å². The number of para-hydroxylation sites is 2. The van der Waals surface area contributed by atoms with Crippen molar-refractivity contribution in [3.63, 3.8) is 0 Å². The molecule has 2 aromatic carbocycles. The first-order chi connectivity index (χ1) is 24.0. The number of benzene rings is 2. The van der Waals surface area contributed by atoms with Crippen molar-refractivity contribution in [2.75, 3.05) is 10.6 Å². The fourth-order valence-corrected chi connectivity index (χ4v) is 6.20. The number of aliphatic hydroxyl groups is 2. The lowest BCUT2D eigenvalue weighted by atomic mass is 10.1. The van der Waals surface area contributed by atoms with Crippen molar-refractivity contribution in [3.8, 4) is 0 Å². The van der Waals surface area contributed by atoms with Gasteiger partial charge in [-0.1, -0.05) is 36.4 Å². The number of carbonyl (C=O) groups is 2. The van der Waals surface area contributed by atoms with E-state index in [0.717, 1.165) is 22.4 Å². The zero-order chi connectivity index (χ0) is 35.7. The van der Waals surface area contributed by atoms with Crippen molar-refractivity contribution in [1.82, 2.24) is 38.7 Å². The van der Waals surface area contributed by atoms with E-state index in [9.17, 15) is 19.8 Å². The minimum atomic E-state index is -0.764. The van der Waals surface area contributed by atoms with Crippen LogP contribution < -0.4 is 10.6 Å². The normalized spacial score (nSPS) is 13.0. The van der Waals surface area contributed by atoms with Crippen molar-refractivity contribution in [3.05, 3.63) is 94.6 Å². The van der Waals surface area contributed by atoms with Crippen molar-refractivity contribution in [2.24, 2.45) is 0 Å². The number of nitrogens with zero attached hydrogens (tertiary/aromatic N) is 8. The molecule has 0 saturated heterocycles. The van der Waals surface area contributed by atoms with Gasteiger partial charge in [0.05, 0.1) is 45.7 Å². The number of nitrogens with one attached hydrogen (secondary N) is 2. The number of aryl methyl sites for hydroxylation is 4. The molecule has 0 radical (unpaired) electrons. The number of imidazole rings is 2. The Hall–Kier alpha value is -5.60. The van der Waals surface area contributed by atoms with E-state index in [4.69, 9.17) is 9.97 Å². The molecule has 0 aliphatic carbocycles. The highest BCUT2D eigenvalue weighted by Crippen LogP contribution is 2.29. The van der Waals surface area contributed by atoms with Crippen molar-refractivity contribution >= 4 is 45.8 Å². The topological polar surface area (TPSA) is 170 Å². The molecule has 0 bridgehead atoms. The van der Waals surface area contributed by atoms with Crippen molar-refractivity contribution in [2.45, 2.75) is 79.9 Å². The maximum absolute atomic E-state index is 13.4. The second-order valence-corrected chi connectivity index (χ2v) is 12.2. The van der Waals surface area contributed by atoms with Crippen molar-refractivity contribution in [1.29, 1.82) is 0 Å². The number of aliphatic hydroxyl groups excluding tert-OH is 2. The molecule has 4 aromatic heterocycles. The molecule has 14 nitrogen and oxygen atoms in total. The van der Waals surface area contributed by atoms with E-state index in [-0.39, 0.29) is 11.8 Å². The van der Waals surface area contributed by atoms with E-state index in [1.54, 1.807) is 35.3 Å². The van der Waals surface area contributed by atoms with Gasteiger partial charge in [0.15, 0.2) is 0 Å². The Balaban J connectivity index is 1.34. The van der Waals surface area contributed by atoms with E-state index < -0.39 is 12.2 Å². The van der Waals surface area contributed by atoms with Crippen LogP contribution in [0.5, 0.6) is 0 Å². The summed E-state index contributed by atoms with van der Waals surface area (Å²) in [6.45, 7) is 12.6. The summed E-state index contributed by atoms with van der Waals surface area (Å²) in [6.07, 6.45) is 2.36. The third-order valence-corrected chi connectivity index (χ3v) is 8.58. The minimum Gasteiger partial charge on any atom is -0.389 e. The zero-order valence-corrected chi connectivity index (χ0v) is 29.0. The van der Waals surface area contributed by atoms with Gasteiger partial charge < -0.3 is 19.3 Å². The third kappa shape index (κ3) is 6.54. The molecule has 50 heavy (non-hydrogen) atoms. The summed E-state index contributed by atoms with van der Waals surface area (Å²) in [5, 5.41) is 35.7. The first-order valence-corrected chi connectivity index (χ1v) is 16.7. The Morgan fingerprint density at radius 1 is 0.720 bits per heavy atom. The van der Waals surface area contributed by atoms with Gasteiger partial charge in [-0.3, -0.25) is 29.6 Å². The maximum Gasteiger partial charge on any atom is 0.276 e. The first-order valence-electron chi connectivity index (χ1n) is 16.7. The Labute approximate surface area is 289 Å². The highest BCUT2D eigenvalue weighted by molar-refractivity contribution is 6.04.